The first-order valence-electron chi connectivity index (χ1n) is 8.94. The topological polar surface area (TPSA) is 59.7 Å². The molecule has 0 aliphatic carbocycles. The van der Waals surface area contributed by atoms with Crippen molar-refractivity contribution in [1.29, 1.82) is 0 Å². The predicted octanol–water partition coefficient (Wildman–Crippen LogP) is 2.90. The number of methoxy groups -OCH3 is 1. The van der Waals surface area contributed by atoms with E-state index in [2.05, 4.69) is 19.5 Å². The number of fused-ring (bicyclic) bond motifs is 1. The molecule has 1 aliphatic rings. The summed E-state index contributed by atoms with van der Waals surface area (Å²) in [6.45, 7) is 2.96. The standard InChI is InChI=1S/C20H22N4O2/c1-26-20(25)17-7-5-15(6-8-17)14-23-12-9-16(10-13-23)19-22-21-18-4-2-3-11-24(18)19/h2-8,11,16H,9-10,12-14H2,1H3. The fraction of sp³-hybridized carbons (Fsp3) is 0.350. The van der Waals surface area contributed by atoms with Crippen LogP contribution in [0.2, 0.25) is 0 Å². The summed E-state index contributed by atoms with van der Waals surface area (Å²) in [5, 5.41) is 8.68. The zero-order chi connectivity index (χ0) is 17.9. The number of aromatic nitrogens is 3. The van der Waals surface area contributed by atoms with E-state index in [0.717, 1.165) is 43.9 Å². The van der Waals surface area contributed by atoms with E-state index in [0.29, 0.717) is 11.5 Å². The SMILES string of the molecule is COC(=O)c1ccc(CN2CCC(c3nnc4ccccn34)CC2)cc1. The Labute approximate surface area is 152 Å². The summed E-state index contributed by atoms with van der Waals surface area (Å²) in [6.07, 6.45) is 4.20. The molecule has 6 nitrogen and oxygen atoms in total. The van der Waals surface area contributed by atoms with Gasteiger partial charge in [0.05, 0.1) is 12.7 Å². The van der Waals surface area contributed by atoms with Crippen molar-refractivity contribution in [1.82, 2.24) is 19.5 Å². The van der Waals surface area contributed by atoms with Gasteiger partial charge in [-0.3, -0.25) is 9.30 Å². The number of carbonyl (C=O) groups is 1. The van der Waals surface area contributed by atoms with Crippen molar-refractivity contribution in [3.8, 4) is 0 Å². The molecule has 2 aromatic heterocycles. The smallest absolute Gasteiger partial charge is 0.337 e. The second-order valence-corrected chi connectivity index (χ2v) is 6.73. The van der Waals surface area contributed by atoms with E-state index in [1.807, 2.05) is 48.7 Å². The predicted molar refractivity (Wildman–Crippen MR) is 98.0 cm³/mol. The number of carbonyl (C=O) groups excluding carboxylic acids is 1. The van der Waals surface area contributed by atoms with Crippen LogP contribution in [-0.4, -0.2) is 45.7 Å². The Hall–Kier alpha value is -2.73. The molecule has 0 atom stereocenters. The molecule has 0 saturated carbocycles. The van der Waals surface area contributed by atoms with Crippen molar-refractivity contribution in [2.75, 3.05) is 20.2 Å². The van der Waals surface area contributed by atoms with E-state index in [4.69, 9.17) is 4.74 Å². The molecule has 1 aliphatic heterocycles. The second kappa shape index (κ2) is 7.25. The number of pyridine rings is 1. The number of likely N-dealkylation sites (tertiary alicyclic amines) is 1. The van der Waals surface area contributed by atoms with Crippen LogP contribution in [-0.2, 0) is 11.3 Å². The van der Waals surface area contributed by atoms with E-state index in [1.54, 1.807) is 0 Å². The van der Waals surface area contributed by atoms with E-state index >= 15 is 0 Å². The van der Waals surface area contributed by atoms with Gasteiger partial charge in [0, 0.05) is 18.7 Å². The van der Waals surface area contributed by atoms with Gasteiger partial charge < -0.3 is 4.74 Å². The van der Waals surface area contributed by atoms with Gasteiger partial charge in [-0.2, -0.15) is 0 Å². The van der Waals surface area contributed by atoms with Crippen LogP contribution < -0.4 is 0 Å². The maximum atomic E-state index is 11.5. The maximum Gasteiger partial charge on any atom is 0.337 e. The van der Waals surface area contributed by atoms with Gasteiger partial charge >= 0.3 is 5.97 Å². The van der Waals surface area contributed by atoms with Gasteiger partial charge in [0.15, 0.2) is 5.65 Å². The summed E-state index contributed by atoms with van der Waals surface area (Å²) in [5.74, 6) is 1.23. The minimum absolute atomic E-state index is 0.294. The lowest BCUT2D eigenvalue weighted by atomic mass is 9.95. The molecule has 0 N–H and O–H groups in total. The Morgan fingerprint density at radius 3 is 2.62 bits per heavy atom. The molecular weight excluding hydrogens is 328 g/mol. The molecular formula is C20H22N4O2. The van der Waals surface area contributed by atoms with Crippen LogP contribution in [0.15, 0.2) is 48.7 Å². The lowest BCUT2D eigenvalue weighted by Crippen LogP contribution is -2.33. The van der Waals surface area contributed by atoms with Crippen LogP contribution >= 0.6 is 0 Å². The molecule has 1 fully saturated rings. The van der Waals surface area contributed by atoms with Crippen LogP contribution in [0, 0.1) is 0 Å². The monoisotopic (exact) mass is 350 g/mol. The van der Waals surface area contributed by atoms with Gasteiger partial charge in [-0.05, 0) is 55.8 Å². The number of esters is 1. The summed E-state index contributed by atoms with van der Waals surface area (Å²) < 4.78 is 6.84. The third-order valence-corrected chi connectivity index (χ3v) is 5.07. The average Bonchev–Trinajstić information content (AvgIpc) is 3.13. The molecule has 134 valence electrons. The Bertz CT molecular complexity index is 896. The Morgan fingerprint density at radius 2 is 1.88 bits per heavy atom. The Kier molecular flexibility index (Phi) is 4.67. The van der Waals surface area contributed by atoms with Crippen LogP contribution in [0.4, 0.5) is 0 Å². The van der Waals surface area contributed by atoms with E-state index in [-0.39, 0.29) is 5.97 Å². The molecule has 0 spiro atoms. The van der Waals surface area contributed by atoms with Gasteiger partial charge in [-0.15, -0.1) is 10.2 Å². The number of nitrogens with zero attached hydrogens (tertiary/aromatic N) is 4. The fourth-order valence-corrected chi connectivity index (χ4v) is 3.61. The van der Waals surface area contributed by atoms with Crippen LogP contribution in [0.3, 0.4) is 0 Å². The zero-order valence-electron chi connectivity index (χ0n) is 14.8. The van der Waals surface area contributed by atoms with Crippen molar-refractivity contribution < 1.29 is 9.53 Å². The third-order valence-electron chi connectivity index (χ3n) is 5.07. The molecule has 26 heavy (non-hydrogen) atoms. The van der Waals surface area contributed by atoms with Gasteiger partial charge in [-0.25, -0.2) is 4.79 Å². The largest absolute Gasteiger partial charge is 0.465 e. The highest BCUT2D eigenvalue weighted by molar-refractivity contribution is 5.89. The first-order chi connectivity index (χ1) is 12.7. The number of ether oxygens (including phenoxy) is 1. The normalized spacial score (nSPS) is 16.0. The second-order valence-electron chi connectivity index (χ2n) is 6.73. The van der Waals surface area contributed by atoms with Gasteiger partial charge in [0.25, 0.3) is 0 Å². The molecule has 0 unspecified atom stereocenters. The Morgan fingerprint density at radius 1 is 1.12 bits per heavy atom. The van der Waals surface area contributed by atoms with E-state index in [9.17, 15) is 4.79 Å². The molecule has 0 amide bonds. The van der Waals surface area contributed by atoms with Gasteiger partial charge in [0.2, 0.25) is 0 Å². The van der Waals surface area contributed by atoms with E-state index < -0.39 is 0 Å². The van der Waals surface area contributed by atoms with Gasteiger partial charge in [-0.1, -0.05) is 18.2 Å². The molecule has 1 aromatic carbocycles. The van der Waals surface area contributed by atoms with Crippen molar-refractivity contribution in [3.05, 3.63) is 65.6 Å². The summed E-state index contributed by atoms with van der Waals surface area (Å²) in [6, 6.07) is 13.7. The highest BCUT2D eigenvalue weighted by Gasteiger charge is 2.24. The molecule has 1 saturated heterocycles. The van der Waals surface area contributed by atoms with Crippen LogP contribution in [0.25, 0.3) is 5.65 Å². The van der Waals surface area contributed by atoms with Gasteiger partial charge in [0.1, 0.15) is 5.82 Å². The number of hydrogen-bond donors (Lipinski definition) is 0. The lowest BCUT2D eigenvalue weighted by Gasteiger charge is -2.31. The molecule has 6 heteroatoms. The van der Waals surface area contributed by atoms with Crippen molar-refractivity contribution in [2.24, 2.45) is 0 Å². The molecule has 0 bridgehead atoms. The third kappa shape index (κ3) is 3.32. The average molecular weight is 350 g/mol. The first kappa shape index (κ1) is 16.7. The molecule has 3 aromatic rings. The highest BCUT2D eigenvalue weighted by Crippen LogP contribution is 2.27. The van der Waals surface area contributed by atoms with Crippen molar-refractivity contribution >= 4 is 11.6 Å². The minimum Gasteiger partial charge on any atom is -0.465 e. The Balaban J connectivity index is 1.37. The minimum atomic E-state index is -0.294. The van der Waals surface area contributed by atoms with Crippen LogP contribution in [0.1, 0.15) is 40.5 Å². The number of benzene rings is 1. The van der Waals surface area contributed by atoms with Crippen molar-refractivity contribution in [2.45, 2.75) is 25.3 Å². The number of piperidine rings is 1. The molecule has 4 rings (SSSR count). The molecule has 0 radical (unpaired) electrons. The lowest BCUT2D eigenvalue weighted by molar-refractivity contribution is 0.0600. The highest BCUT2D eigenvalue weighted by atomic mass is 16.5. The number of rotatable bonds is 4. The maximum absolute atomic E-state index is 11.5. The van der Waals surface area contributed by atoms with Crippen LogP contribution in [0.5, 0.6) is 0 Å². The van der Waals surface area contributed by atoms with E-state index in [1.165, 1.54) is 12.7 Å². The summed E-state index contributed by atoms with van der Waals surface area (Å²) >= 11 is 0. The zero-order valence-corrected chi connectivity index (χ0v) is 14.8. The summed E-state index contributed by atoms with van der Waals surface area (Å²) in [7, 11) is 1.40. The number of hydrogen-bond acceptors (Lipinski definition) is 5. The van der Waals surface area contributed by atoms with Crippen molar-refractivity contribution in [3.63, 3.8) is 0 Å². The summed E-state index contributed by atoms with van der Waals surface area (Å²) in [5.41, 5.74) is 2.72. The molecule has 3 heterocycles. The fourth-order valence-electron chi connectivity index (χ4n) is 3.61. The summed E-state index contributed by atoms with van der Waals surface area (Å²) in [4.78, 5) is 14.0. The first-order valence-corrected chi connectivity index (χ1v) is 8.94. The quantitative estimate of drug-likeness (QED) is 0.677.